The highest BCUT2D eigenvalue weighted by atomic mass is 15.3. The Morgan fingerprint density at radius 2 is 2.04 bits per heavy atom. The van der Waals surface area contributed by atoms with Gasteiger partial charge in [-0.15, -0.1) is 0 Å². The molecule has 4 nitrogen and oxygen atoms in total. The van der Waals surface area contributed by atoms with Crippen LogP contribution in [-0.4, -0.2) is 54.5 Å². The average Bonchev–Trinajstić information content (AvgIpc) is 2.65. The molecule has 0 radical (unpaired) electrons. The van der Waals surface area contributed by atoms with E-state index in [4.69, 9.17) is 4.99 Å². The van der Waals surface area contributed by atoms with E-state index in [-0.39, 0.29) is 0 Å². The lowest BCUT2D eigenvalue weighted by atomic mass is 9.97. The van der Waals surface area contributed by atoms with Crippen LogP contribution in [0.15, 0.2) is 29.3 Å². The topological polar surface area (TPSA) is 30.9 Å². The van der Waals surface area contributed by atoms with Gasteiger partial charge in [-0.05, 0) is 63.6 Å². The zero-order valence-corrected chi connectivity index (χ0v) is 16.2. The first-order valence-corrected chi connectivity index (χ1v) is 10.0. The van der Waals surface area contributed by atoms with Gasteiger partial charge in [0.1, 0.15) is 0 Å². The summed E-state index contributed by atoms with van der Waals surface area (Å²) in [4.78, 5) is 10.1. The van der Waals surface area contributed by atoms with Gasteiger partial charge in [0.05, 0.1) is 0 Å². The number of hydrogen-bond donors (Lipinski definition) is 1. The Morgan fingerprint density at radius 3 is 2.80 bits per heavy atom. The monoisotopic (exact) mass is 342 g/mol. The van der Waals surface area contributed by atoms with E-state index in [9.17, 15) is 0 Å². The second kappa shape index (κ2) is 8.70. The lowest BCUT2D eigenvalue weighted by molar-refractivity contribution is 0.143. The minimum absolute atomic E-state index is 0.651. The number of fused-ring (bicyclic) bond motifs is 1. The number of rotatable bonds is 4. The molecule has 0 saturated carbocycles. The molecule has 0 bridgehead atoms. The summed E-state index contributed by atoms with van der Waals surface area (Å²) in [6.07, 6.45) is 3.74. The summed E-state index contributed by atoms with van der Waals surface area (Å²) in [5.74, 6) is 1.79. The van der Waals surface area contributed by atoms with Gasteiger partial charge in [-0.1, -0.05) is 24.3 Å². The molecular weight excluding hydrogens is 308 g/mol. The van der Waals surface area contributed by atoms with Crippen LogP contribution in [0.3, 0.4) is 0 Å². The molecule has 1 aromatic rings. The number of hydrogen-bond acceptors (Lipinski definition) is 2. The van der Waals surface area contributed by atoms with Crippen LogP contribution in [0.25, 0.3) is 0 Å². The first-order valence-electron chi connectivity index (χ1n) is 10.0. The number of aliphatic imine (C=N–C) groups is 1. The number of guanidine groups is 1. The molecule has 1 N–H and O–H groups in total. The Labute approximate surface area is 153 Å². The van der Waals surface area contributed by atoms with Crippen LogP contribution >= 0.6 is 0 Å². The molecule has 1 unspecified atom stereocenters. The van der Waals surface area contributed by atoms with E-state index in [2.05, 4.69) is 60.2 Å². The fourth-order valence-electron chi connectivity index (χ4n) is 4.03. The maximum absolute atomic E-state index is 5.03. The standard InChI is InChI=1S/C21H34N4/c1-4-22-21(23-14-18-8-7-12-24(15-18)17(2)3)25-13-11-19-9-5-6-10-20(19)16-25/h5-6,9-10,17-18H,4,7-8,11-16H2,1-3H3,(H,22,23). The smallest absolute Gasteiger partial charge is 0.194 e. The minimum Gasteiger partial charge on any atom is -0.357 e. The summed E-state index contributed by atoms with van der Waals surface area (Å²) in [5.41, 5.74) is 2.94. The Bertz CT molecular complexity index is 581. The van der Waals surface area contributed by atoms with Gasteiger partial charge in [-0.25, -0.2) is 0 Å². The minimum atomic E-state index is 0.651. The molecular formula is C21H34N4. The first kappa shape index (κ1) is 18.2. The normalized spacial score (nSPS) is 22.2. The van der Waals surface area contributed by atoms with Crippen molar-refractivity contribution in [3.05, 3.63) is 35.4 Å². The molecule has 2 aliphatic heterocycles. The number of nitrogens with zero attached hydrogens (tertiary/aromatic N) is 3. The van der Waals surface area contributed by atoms with Gasteiger partial charge < -0.3 is 15.1 Å². The molecule has 2 heterocycles. The molecule has 0 aromatic heterocycles. The maximum Gasteiger partial charge on any atom is 0.194 e. The van der Waals surface area contributed by atoms with Crippen LogP contribution in [0.2, 0.25) is 0 Å². The molecule has 1 atom stereocenters. The fourth-order valence-corrected chi connectivity index (χ4v) is 4.03. The fraction of sp³-hybridized carbons (Fsp3) is 0.667. The zero-order chi connectivity index (χ0) is 17.6. The van der Waals surface area contributed by atoms with Gasteiger partial charge >= 0.3 is 0 Å². The molecule has 0 aliphatic carbocycles. The molecule has 1 saturated heterocycles. The Hall–Kier alpha value is -1.55. The molecule has 25 heavy (non-hydrogen) atoms. The molecule has 1 aromatic carbocycles. The zero-order valence-electron chi connectivity index (χ0n) is 16.2. The number of benzene rings is 1. The second-order valence-corrected chi connectivity index (χ2v) is 7.73. The van der Waals surface area contributed by atoms with Crippen molar-refractivity contribution < 1.29 is 0 Å². The van der Waals surface area contributed by atoms with Crippen molar-refractivity contribution in [2.75, 3.05) is 32.7 Å². The molecule has 138 valence electrons. The van der Waals surface area contributed by atoms with Crippen LogP contribution in [0.4, 0.5) is 0 Å². The largest absolute Gasteiger partial charge is 0.357 e. The molecule has 2 aliphatic rings. The highest BCUT2D eigenvalue weighted by molar-refractivity contribution is 5.80. The van der Waals surface area contributed by atoms with Gasteiger partial charge in [0.25, 0.3) is 0 Å². The van der Waals surface area contributed by atoms with Crippen molar-refractivity contribution in [3.63, 3.8) is 0 Å². The van der Waals surface area contributed by atoms with Crippen LogP contribution in [0.1, 0.15) is 44.7 Å². The summed E-state index contributed by atoms with van der Waals surface area (Å²) in [6, 6.07) is 9.47. The number of piperidine rings is 1. The lowest BCUT2D eigenvalue weighted by Crippen LogP contribution is -2.45. The summed E-state index contributed by atoms with van der Waals surface area (Å²) in [5, 5.41) is 3.52. The summed E-state index contributed by atoms with van der Waals surface area (Å²) in [6.45, 7) is 13.1. The third kappa shape index (κ3) is 4.75. The van der Waals surface area contributed by atoms with Crippen molar-refractivity contribution in [2.24, 2.45) is 10.9 Å². The van der Waals surface area contributed by atoms with E-state index in [1.165, 1.54) is 37.1 Å². The van der Waals surface area contributed by atoms with E-state index in [0.717, 1.165) is 38.6 Å². The van der Waals surface area contributed by atoms with Crippen LogP contribution in [-0.2, 0) is 13.0 Å². The van der Waals surface area contributed by atoms with E-state index in [1.54, 1.807) is 0 Å². The van der Waals surface area contributed by atoms with Crippen molar-refractivity contribution in [3.8, 4) is 0 Å². The summed E-state index contributed by atoms with van der Waals surface area (Å²) < 4.78 is 0. The first-order chi connectivity index (χ1) is 12.2. The number of likely N-dealkylation sites (tertiary alicyclic amines) is 1. The van der Waals surface area contributed by atoms with Crippen molar-refractivity contribution in [1.29, 1.82) is 0 Å². The van der Waals surface area contributed by atoms with Crippen LogP contribution in [0, 0.1) is 5.92 Å². The summed E-state index contributed by atoms with van der Waals surface area (Å²) in [7, 11) is 0. The molecule has 0 spiro atoms. The predicted octanol–water partition coefficient (Wildman–Crippen LogP) is 3.13. The average molecular weight is 343 g/mol. The third-order valence-corrected chi connectivity index (χ3v) is 5.55. The predicted molar refractivity (Wildman–Crippen MR) is 106 cm³/mol. The van der Waals surface area contributed by atoms with Crippen LogP contribution in [0.5, 0.6) is 0 Å². The third-order valence-electron chi connectivity index (χ3n) is 5.55. The van der Waals surface area contributed by atoms with Gasteiger partial charge in [0, 0.05) is 38.8 Å². The Balaban J connectivity index is 1.64. The second-order valence-electron chi connectivity index (χ2n) is 7.73. The van der Waals surface area contributed by atoms with E-state index < -0.39 is 0 Å². The van der Waals surface area contributed by atoms with Crippen LogP contribution < -0.4 is 5.32 Å². The summed E-state index contributed by atoms with van der Waals surface area (Å²) >= 11 is 0. The van der Waals surface area contributed by atoms with Crippen molar-refractivity contribution >= 4 is 5.96 Å². The lowest BCUT2D eigenvalue weighted by Gasteiger charge is -2.35. The number of nitrogens with one attached hydrogen (secondary N) is 1. The van der Waals surface area contributed by atoms with Gasteiger partial charge in [0.2, 0.25) is 0 Å². The Kier molecular flexibility index (Phi) is 6.35. The molecule has 1 fully saturated rings. The molecule has 4 heteroatoms. The highest BCUT2D eigenvalue weighted by Crippen LogP contribution is 2.20. The van der Waals surface area contributed by atoms with E-state index in [1.807, 2.05) is 0 Å². The van der Waals surface area contributed by atoms with Gasteiger partial charge in [0.15, 0.2) is 5.96 Å². The molecule has 3 rings (SSSR count). The molecule has 0 amide bonds. The maximum atomic E-state index is 5.03. The van der Waals surface area contributed by atoms with E-state index >= 15 is 0 Å². The SMILES string of the molecule is CCNC(=NCC1CCCN(C(C)C)C1)N1CCc2ccccc2C1. The highest BCUT2D eigenvalue weighted by Gasteiger charge is 2.23. The quantitative estimate of drug-likeness (QED) is 0.674. The van der Waals surface area contributed by atoms with Gasteiger partial charge in [-0.2, -0.15) is 0 Å². The van der Waals surface area contributed by atoms with Crippen molar-refractivity contribution in [2.45, 2.75) is 52.6 Å². The Morgan fingerprint density at radius 1 is 1.24 bits per heavy atom. The van der Waals surface area contributed by atoms with Gasteiger partial charge in [-0.3, -0.25) is 4.99 Å². The van der Waals surface area contributed by atoms with Crippen molar-refractivity contribution in [1.82, 2.24) is 15.1 Å². The van der Waals surface area contributed by atoms with E-state index in [0.29, 0.717) is 12.0 Å².